The summed E-state index contributed by atoms with van der Waals surface area (Å²) in [5.41, 5.74) is 1.33. The second kappa shape index (κ2) is 10.5. The van der Waals surface area contributed by atoms with Crippen molar-refractivity contribution in [1.82, 2.24) is 4.98 Å². The summed E-state index contributed by atoms with van der Waals surface area (Å²) in [6.45, 7) is 1.80. The van der Waals surface area contributed by atoms with E-state index in [0.29, 0.717) is 0 Å². The minimum absolute atomic E-state index is 0.239. The maximum absolute atomic E-state index is 9.07. The summed E-state index contributed by atoms with van der Waals surface area (Å²) in [4.78, 5) is 4.12. The summed E-state index contributed by atoms with van der Waals surface area (Å²) in [5, 5.41) is 9.07. The number of nitrogens with zero attached hydrogens (tertiary/aromatic N) is 1. The summed E-state index contributed by atoms with van der Waals surface area (Å²) >= 11 is 0. The number of aliphatic hydroxyl groups is 1. The molecule has 104 valence electrons. The maximum atomic E-state index is 9.07. The van der Waals surface area contributed by atoms with Crippen LogP contribution in [0.3, 0.4) is 0 Å². The lowest BCUT2D eigenvalue weighted by atomic mass is 10.1. The molecule has 0 aliphatic carbocycles. The Balaban J connectivity index is 1.96. The zero-order valence-corrected chi connectivity index (χ0v) is 11.8. The van der Waals surface area contributed by atoms with Gasteiger partial charge in [0.15, 0.2) is 0 Å². The Morgan fingerprint density at radius 2 is 2.05 bits per heavy atom. The summed E-state index contributed by atoms with van der Waals surface area (Å²) in [6.07, 6.45) is 18.5. The molecule has 19 heavy (non-hydrogen) atoms. The molecule has 0 spiro atoms. The summed E-state index contributed by atoms with van der Waals surface area (Å²) < 4.78 is 0. The van der Waals surface area contributed by atoms with Crippen molar-refractivity contribution in [2.75, 3.05) is 0 Å². The molecule has 2 heteroatoms. The molecule has 1 aromatic rings. The topological polar surface area (TPSA) is 33.1 Å². The zero-order chi connectivity index (χ0) is 13.8. The van der Waals surface area contributed by atoms with E-state index in [-0.39, 0.29) is 6.10 Å². The van der Waals surface area contributed by atoms with Gasteiger partial charge in [0.05, 0.1) is 6.10 Å². The Kier molecular flexibility index (Phi) is 8.65. The molecule has 0 radical (unpaired) electrons. The number of aryl methyl sites for hydroxylation is 1. The van der Waals surface area contributed by atoms with Gasteiger partial charge in [-0.25, -0.2) is 0 Å². The normalized spacial score (nSPS) is 13.4. The van der Waals surface area contributed by atoms with E-state index in [2.05, 4.69) is 23.2 Å². The van der Waals surface area contributed by atoms with E-state index in [9.17, 15) is 0 Å². The van der Waals surface area contributed by atoms with Gasteiger partial charge in [-0.2, -0.15) is 0 Å². The van der Waals surface area contributed by atoms with Gasteiger partial charge in [-0.3, -0.25) is 4.98 Å². The Morgan fingerprint density at radius 1 is 1.21 bits per heavy atom. The van der Waals surface area contributed by atoms with Crippen LogP contribution >= 0.6 is 0 Å². The van der Waals surface area contributed by atoms with E-state index in [1.54, 1.807) is 6.92 Å². The zero-order valence-electron chi connectivity index (χ0n) is 11.8. The SMILES string of the molecule is C[C@H](O)C/C=C/C=C/CCCCCc1cccnc1. The first-order chi connectivity index (χ1) is 9.29. The van der Waals surface area contributed by atoms with Crippen LogP contribution in [-0.4, -0.2) is 16.2 Å². The van der Waals surface area contributed by atoms with Crippen LogP contribution in [0.5, 0.6) is 0 Å². The van der Waals surface area contributed by atoms with Crippen LogP contribution in [0.4, 0.5) is 0 Å². The van der Waals surface area contributed by atoms with Gasteiger partial charge in [0.25, 0.3) is 0 Å². The number of allylic oxidation sites excluding steroid dienone is 3. The smallest absolute Gasteiger partial charge is 0.0546 e. The average molecular weight is 259 g/mol. The molecule has 0 fully saturated rings. The molecule has 1 atom stereocenters. The summed E-state index contributed by atoms with van der Waals surface area (Å²) in [7, 11) is 0. The largest absolute Gasteiger partial charge is 0.393 e. The van der Waals surface area contributed by atoms with Crippen LogP contribution in [-0.2, 0) is 6.42 Å². The molecule has 0 aliphatic heterocycles. The number of aromatic nitrogens is 1. The van der Waals surface area contributed by atoms with E-state index in [0.717, 1.165) is 19.3 Å². The van der Waals surface area contributed by atoms with E-state index in [1.165, 1.54) is 24.8 Å². The molecule has 0 unspecified atom stereocenters. The van der Waals surface area contributed by atoms with Gasteiger partial charge in [0, 0.05) is 12.4 Å². The Hall–Kier alpha value is -1.41. The number of hydrogen-bond acceptors (Lipinski definition) is 2. The number of unbranched alkanes of at least 4 members (excludes halogenated alkanes) is 3. The maximum Gasteiger partial charge on any atom is 0.0546 e. The molecule has 1 heterocycles. The lowest BCUT2D eigenvalue weighted by molar-refractivity contribution is 0.198. The molecular formula is C17H25NO. The lowest BCUT2D eigenvalue weighted by Crippen LogP contribution is -1.94. The van der Waals surface area contributed by atoms with Gasteiger partial charge in [-0.15, -0.1) is 0 Å². The van der Waals surface area contributed by atoms with Crippen LogP contribution in [0.1, 0.15) is 44.6 Å². The molecule has 0 saturated carbocycles. The van der Waals surface area contributed by atoms with Crippen molar-refractivity contribution in [1.29, 1.82) is 0 Å². The average Bonchev–Trinajstić information content (AvgIpc) is 2.42. The first-order valence-electron chi connectivity index (χ1n) is 7.17. The van der Waals surface area contributed by atoms with E-state index < -0.39 is 0 Å². The highest BCUT2D eigenvalue weighted by atomic mass is 16.3. The van der Waals surface area contributed by atoms with Gasteiger partial charge in [-0.1, -0.05) is 36.8 Å². The first kappa shape index (κ1) is 15.6. The first-order valence-corrected chi connectivity index (χ1v) is 7.17. The quantitative estimate of drug-likeness (QED) is 0.535. The highest BCUT2D eigenvalue weighted by Crippen LogP contribution is 2.07. The minimum Gasteiger partial charge on any atom is -0.393 e. The van der Waals surface area contributed by atoms with Crippen molar-refractivity contribution >= 4 is 0 Å². The van der Waals surface area contributed by atoms with E-state index >= 15 is 0 Å². The van der Waals surface area contributed by atoms with Gasteiger partial charge >= 0.3 is 0 Å². The van der Waals surface area contributed by atoms with Crippen LogP contribution in [0.15, 0.2) is 48.8 Å². The molecule has 0 saturated heterocycles. The molecule has 1 rings (SSSR count). The van der Waals surface area contributed by atoms with Gasteiger partial charge in [0.1, 0.15) is 0 Å². The fourth-order valence-corrected chi connectivity index (χ4v) is 1.84. The van der Waals surface area contributed by atoms with Gasteiger partial charge in [0.2, 0.25) is 0 Å². The monoisotopic (exact) mass is 259 g/mol. The Labute approximate surface area is 116 Å². The second-order valence-electron chi connectivity index (χ2n) is 4.90. The van der Waals surface area contributed by atoms with E-state index in [4.69, 9.17) is 5.11 Å². The van der Waals surface area contributed by atoms with Gasteiger partial charge in [-0.05, 0) is 50.7 Å². The van der Waals surface area contributed by atoms with Crippen molar-refractivity contribution in [3.05, 3.63) is 54.4 Å². The van der Waals surface area contributed by atoms with Crippen LogP contribution < -0.4 is 0 Å². The molecule has 0 aliphatic rings. The third-order valence-corrected chi connectivity index (χ3v) is 2.92. The van der Waals surface area contributed by atoms with Crippen LogP contribution in [0.25, 0.3) is 0 Å². The number of aliphatic hydroxyl groups excluding tert-OH is 1. The van der Waals surface area contributed by atoms with Crippen molar-refractivity contribution < 1.29 is 5.11 Å². The predicted molar refractivity (Wildman–Crippen MR) is 81.0 cm³/mol. The second-order valence-corrected chi connectivity index (χ2v) is 4.90. The van der Waals surface area contributed by atoms with Crippen molar-refractivity contribution in [3.63, 3.8) is 0 Å². The highest BCUT2D eigenvalue weighted by Gasteiger charge is 1.92. The minimum atomic E-state index is -0.239. The predicted octanol–water partition coefficient (Wildman–Crippen LogP) is 4.07. The highest BCUT2D eigenvalue weighted by molar-refractivity contribution is 5.08. The molecular weight excluding hydrogens is 234 g/mol. The van der Waals surface area contributed by atoms with Gasteiger partial charge < -0.3 is 5.11 Å². The summed E-state index contributed by atoms with van der Waals surface area (Å²) in [6, 6.07) is 4.14. The fourth-order valence-electron chi connectivity index (χ4n) is 1.84. The van der Waals surface area contributed by atoms with E-state index in [1.807, 2.05) is 30.6 Å². The third kappa shape index (κ3) is 9.20. The number of pyridine rings is 1. The lowest BCUT2D eigenvalue weighted by Gasteiger charge is -1.99. The molecule has 0 amide bonds. The third-order valence-electron chi connectivity index (χ3n) is 2.92. The van der Waals surface area contributed by atoms with Crippen LogP contribution in [0, 0.1) is 0 Å². The standard InChI is InChI=1S/C17H25NO/c1-16(19)11-8-6-4-2-3-5-7-9-12-17-13-10-14-18-15-17/h2,4,6,8,10,13-16,19H,3,5,7,9,11-12H2,1H3/b4-2+,8-6+/t16-/m0/s1. The summed E-state index contributed by atoms with van der Waals surface area (Å²) in [5.74, 6) is 0. The fraction of sp³-hybridized carbons (Fsp3) is 0.471. The molecule has 1 N–H and O–H groups in total. The van der Waals surface area contributed by atoms with Crippen LogP contribution in [0.2, 0.25) is 0 Å². The number of hydrogen-bond donors (Lipinski definition) is 1. The number of rotatable bonds is 9. The molecule has 0 bridgehead atoms. The molecule has 0 aromatic carbocycles. The van der Waals surface area contributed by atoms with Crippen molar-refractivity contribution in [3.8, 4) is 0 Å². The molecule has 2 nitrogen and oxygen atoms in total. The van der Waals surface area contributed by atoms with Crippen molar-refractivity contribution in [2.24, 2.45) is 0 Å². The van der Waals surface area contributed by atoms with Crippen molar-refractivity contribution in [2.45, 2.75) is 51.6 Å². The Morgan fingerprint density at radius 3 is 2.79 bits per heavy atom. The molecule has 1 aromatic heterocycles. The Bertz CT molecular complexity index is 368.